The fourth-order valence-electron chi connectivity index (χ4n) is 2.15. The van der Waals surface area contributed by atoms with Gasteiger partial charge in [0, 0.05) is 16.8 Å². The first kappa shape index (κ1) is 20.5. The lowest BCUT2D eigenvalue weighted by atomic mass is 10.2. The number of ether oxygens (including phenoxy) is 1. The van der Waals surface area contributed by atoms with Crippen LogP contribution in [0.15, 0.2) is 47.4 Å². The Hall–Kier alpha value is -2.78. The number of nitro benzene ring substituents is 1. The first-order chi connectivity index (χ1) is 12.8. The van der Waals surface area contributed by atoms with E-state index in [1.54, 1.807) is 25.1 Å². The molecule has 142 valence electrons. The molecule has 2 aromatic rings. The van der Waals surface area contributed by atoms with Crippen LogP contribution in [0.4, 0.5) is 11.4 Å². The highest BCUT2D eigenvalue weighted by molar-refractivity contribution is 7.85. The molecule has 0 unspecified atom stereocenters. The Balaban J connectivity index is 2.06. The Labute approximate surface area is 162 Å². The number of hydrogen-bond acceptors (Lipinski definition) is 6. The lowest BCUT2D eigenvalue weighted by Gasteiger charge is -2.09. The highest BCUT2D eigenvalue weighted by atomic mass is 35.5. The maximum Gasteiger partial charge on any atom is 0.339 e. The van der Waals surface area contributed by atoms with Crippen LogP contribution in [-0.4, -0.2) is 33.4 Å². The largest absolute Gasteiger partial charge is 0.452 e. The minimum absolute atomic E-state index is 0.0714. The molecule has 8 nitrogen and oxygen atoms in total. The van der Waals surface area contributed by atoms with Crippen molar-refractivity contribution >= 4 is 45.7 Å². The monoisotopic (exact) mass is 410 g/mol. The molecule has 0 aliphatic rings. The van der Waals surface area contributed by atoms with Crippen molar-refractivity contribution in [2.24, 2.45) is 0 Å². The van der Waals surface area contributed by atoms with Gasteiger partial charge in [-0.25, -0.2) is 4.79 Å². The number of carbonyl (C=O) groups is 2. The van der Waals surface area contributed by atoms with Crippen LogP contribution >= 0.6 is 11.6 Å². The average Bonchev–Trinajstić information content (AvgIpc) is 2.66. The summed E-state index contributed by atoms with van der Waals surface area (Å²) in [5.41, 5.74) is -0.355. The van der Waals surface area contributed by atoms with Crippen LogP contribution in [0.25, 0.3) is 0 Å². The lowest BCUT2D eigenvalue weighted by molar-refractivity contribution is -0.383. The van der Waals surface area contributed by atoms with Gasteiger partial charge < -0.3 is 10.1 Å². The molecular weight excluding hydrogens is 396 g/mol. The lowest BCUT2D eigenvalue weighted by Crippen LogP contribution is -2.22. The third kappa shape index (κ3) is 5.35. The SMILES string of the molecule is CC[S@@](=O)c1ccccc1C(=O)OCC(=O)Nc1ccc(Cl)cc1[N+](=O)[O-]. The van der Waals surface area contributed by atoms with E-state index < -0.39 is 34.2 Å². The Morgan fingerprint density at radius 3 is 2.63 bits per heavy atom. The summed E-state index contributed by atoms with van der Waals surface area (Å²) in [6, 6.07) is 9.99. The van der Waals surface area contributed by atoms with Gasteiger partial charge in [0.1, 0.15) is 5.69 Å². The maximum absolute atomic E-state index is 12.2. The number of nitrogens with one attached hydrogen (secondary N) is 1. The van der Waals surface area contributed by atoms with Crippen LogP contribution in [0.1, 0.15) is 17.3 Å². The zero-order chi connectivity index (χ0) is 20.0. The molecule has 0 heterocycles. The molecule has 27 heavy (non-hydrogen) atoms. The molecule has 1 amide bonds. The van der Waals surface area contributed by atoms with Crippen molar-refractivity contribution in [2.45, 2.75) is 11.8 Å². The van der Waals surface area contributed by atoms with Gasteiger partial charge in [-0.2, -0.15) is 0 Å². The van der Waals surface area contributed by atoms with Gasteiger partial charge in [-0.05, 0) is 24.3 Å². The molecule has 2 aromatic carbocycles. The van der Waals surface area contributed by atoms with E-state index in [0.717, 1.165) is 6.07 Å². The topological polar surface area (TPSA) is 116 Å². The minimum Gasteiger partial charge on any atom is -0.452 e. The Kier molecular flexibility index (Phi) is 7.03. The van der Waals surface area contributed by atoms with Crippen LogP contribution in [0.3, 0.4) is 0 Å². The maximum atomic E-state index is 12.2. The summed E-state index contributed by atoms with van der Waals surface area (Å²) in [5, 5.41) is 13.5. The number of nitrogens with zero attached hydrogens (tertiary/aromatic N) is 1. The first-order valence-corrected chi connectivity index (χ1v) is 9.41. The number of nitro groups is 1. The van der Waals surface area contributed by atoms with Gasteiger partial charge in [0.15, 0.2) is 6.61 Å². The van der Waals surface area contributed by atoms with E-state index in [9.17, 15) is 23.9 Å². The van der Waals surface area contributed by atoms with Crippen LogP contribution in [0, 0.1) is 10.1 Å². The molecule has 0 aromatic heterocycles. The smallest absolute Gasteiger partial charge is 0.339 e. The molecule has 0 bridgehead atoms. The highest BCUT2D eigenvalue weighted by Crippen LogP contribution is 2.27. The summed E-state index contributed by atoms with van der Waals surface area (Å²) in [4.78, 5) is 34.8. The Bertz CT molecular complexity index is 918. The van der Waals surface area contributed by atoms with Crippen molar-refractivity contribution in [3.63, 3.8) is 0 Å². The summed E-state index contributed by atoms with van der Waals surface area (Å²) < 4.78 is 16.9. The van der Waals surface area contributed by atoms with E-state index >= 15 is 0 Å². The Morgan fingerprint density at radius 2 is 1.96 bits per heavy atom. The molecule has 1 atom stereocenters. The summed E-state index contributed by atoms with van der Waals surface area (Å²) in [5.74, 6) is -1.25. The second kappa shape index (κ2) is 9.24. The van der Waals surface area contributed by atoms with E-state index in [0.29, 0.717) is 10.6 Å². The quantitative estimate of drug-likeness (QED) is 0.425. The fraction of sp³-hybridized carbons (Fsp3) is 0.176. The standard InChI is InChI=1S/C17H15ClN2O6S/c1-2-27(25)15-6-4-3-5-12(15)17(22)26-10-16(21)19-13-8-7-11(18)9-14(13)20(23)24/h3-9H,2,10H2,1H3,(H,19,21)/t27-/m1/s1. The summed E-state index contributed by atoms with van der Waals surface area (Å²) in [6.07, 6.45) is 0. The summed E-state index contributed by atoms with van der Waals surface area (Å²) in [6.45, 7) is 1.05. The van der Waals surface area contributed by atoms with Gasteiger partial charge in [0.05, 0.1) is 26.2 Å². The van der Waals surface area contributed by atoms with Crippen molar-refractivity contribution in [1.29, 1.82) is 0 Å². The molecule has 0 aliphatic heterocycles. The van der Waals surface area contributed by atoms with Gasteiger partial charge in [0.2, 0.25) is 0 Å². The molecule has 0 saturated heterocycles. The van der Waals surface area contributed by atoms with Gasteiger partial charge in [-0.3, -0.25) is 19.1 Å². The number of benzene rings is 2. The number of hydrogen-bond donors (Lipinski definition) is 1. The van der Waals surface area contributed by atoms with E-state index in [-0.39, 0.29) is 22.0 Å². The zero-order valence-corrected chi connectivity index (χ0v) is 15.7. The van der Waals surface area contributed by atoms with Gasteiger partial charge >= 0.3 is 5.97 Å². The van der Waals surface area contributed by atoms with Crippen molar-refractivity contribution in [3.05, 3.63) is 63.2 Å². The molecule has 0 aliphatic carbocycles. The second-order valence-corrected chi connectivity index (χ2v) is 7.32. The molecule has 0 spiro atoms. The molecule has 1 N–H and O–H groups in total. The van der Waals surface area contributed by atoms with Gasteiger partial charge in [0.25, 0.3) is 11.6 Å². The van der Waals surface area contributed by atoms with E-state index in [4.69, 9.17) is 16.3 Å². The normalized spacial score (nSPS) is 11.5. The number of anilines is 1. The van der Waals surface area contributed by atoms with Gasteiger partial charge in [-0.1, -0.05) is 30.7 Å². The fourth-order valence-corrected chi connectivity index (χ4v) is 3.25. The van der Waals surface area contributed by atoms with Crippen molar-refractivity contribution < 1.29 is 23.5 Å². The number of carbonyl (C=O) groups excluding carboxylic acids is 2. The highest BCUT2D eigenvalue weighted by Gasteiger charge is 2.19. The summed E-state index contributed by atoms with van der Waals surface area (Å²) in [7, 11) is -1.37. The molecule has 0 fully saturated rings. The molecular formula is C17H15ClN2O6S. The predicted octanol–water partition coefficient (Wildman–Crippen LogP) is 3.17. The zero-order valence-electron chi connectivity index (χ0n) is 14.1. The number of amides is 1. The Morgan fingerprint density at radius 1 is 1.26 bits per heavy atom. The van der Waals surface area contributed by atoms with Crippen molar-refractivity contribution in [2.75, 3.05) is 17.7 Å². The minimum atomic E-state index is -1.37. The third-order valence-corrected chi connectivity index (χ3v) is 4.99. The van der Waals surface area contributed by atoms with Crippen LogP contribution in [-0.2, 0) is 20.3 Å². The van der Waals surface area contributed by atoms with Crippen molar-refractivity contribution in [3.8, 4) is 0 Å². The summed E-state index contributed by atoms with van der Waals surface area (Å²) >= 11 is 5.71. The molecule has 10 heteroatoms. The average molecular weight is 411 g/mol. The van der Waals surface area contributed by atoms with Crippen LogP contribution in [0.2, 0.25) is 5.02 Å². The second-order valence-electron chi connectivity index (χ2n) is 5.17. The number of rotatable bonds is 7. The molecule has 0 saturated carbocycles. The van der Waals surface area contributed by atoms with E-state index in [1.165, 1.54) is 18.2 Å². The van der Waals surface area contributed by atoms with Crippen LogP contribution < -0.4 is 5.32 Å². The molecule has 0 radical (unpaired) electrons. The van der Waals surface area contributed by atoms with E-state index in [2.05, 4.69) is 5.32 Å². The van der Waals surface area contributed by atoms with Crippen molar-refractivity contribution in [1.82, 2.24) is 0 Å². The number of esters is 1. The third-order valence-electron chi connectivity index (χ3n) is 3.38. The van der Waals surface area contributed by atoms with E-state index in [1.807, 2.05) is 0 Å². The first-order valence-electron chi connectivity index (χ1n) is 7.71. The molecule has 2 rings (SSSR count). The predicted molar refractivity (Wildman–Crippen MR) is 100 cm³/mol. The van der Waals surface area contributed by atoms with Crippen LogP contribution in [0.5, 0.6) is 0 Å². The van der Waals surface area contributed by atoms with Gasteiger partial charge in [-0.15, -0.1) is 0 Å². The number of halogens is 1.